The second kappa shape index (κ2) is 8.36. The lowest BCUT2D eigenvalue weighted by Crippen LogP contribution is -2.50. The molecular formula is C24H22ClN3O2S. The summed E-state index contributed by atoms with van der Waals surface area (Å²) in [5.41, 5.74) is 1.98. The molecule has 0 bridgehead atoms. The minimum Gasteiger partial charge on any atom is -0.484 e. The molecule has 0 spiro atoms. The Bertz CT molecular complexity index is 1260. The van der Waals surface area contributed by atoms with Crippen LogP contribution >= 0.6 is 22.9 Å². The van der Waals surface area contributed by atoms with Crippen molar-refractivity contribution in [2.45, 2.75) is 6.92 Å². The van der Waals surface area contributed by atoms with Gasteiger partial charge in [0.15, 0.2) is 11.7 Å². The smallest absolute Gasteiger partial charge is 0.260 e. The van der Waals surface area contributed by atoms with Crippen molar-refractivity contribution in [2.75, 3.05) is 37.7 Å². The van der Waals surface area contributed by atoms with Crippen LogP contribution in [-0.4, -0.2) is 48.6 Å². The maximum absolute atomic E-state index is 12.7. The van der Waals surface area contributed by atoms with E-state index in [0.29, 0.717) is 18.8 Å². The Morgan fingerprint density at radius 3 is 2.65 bits per heavy atom. The van der Waals surface area contributed by atoms with Crippen LogP contribution in [0.2, 0.25) is 5.02 Å². The summed E-state index contributed by atoms with van der Waals surface area (Å²) < 4.78 is 6.92. The topological polar surface area (TPSA) is 45.7 Å². The van der Waals surface area contributed by atoms with Gasteiger partial charge in [0.25, 0.3) is 5.91 Å². The molecular weight excluding hydrogens is 430 g/mol. The van der Waals surface area contributed by atoms with Crippen LogP contribution in [0, 0.1) is 6.92 Å². The van der Waals surface area contributed by atoms with Crippen LogP contribution in [0.3, 0.4) is 0 Å². The Hall–Kier alpha value is -2.83. The van der Waals surface area contributed by atoms with Gasteiger partial charge in [-0.2, -0.15) is 0 Å². The summed E-state index contributed by atoms with van der Waals surface area (Å²) in [6, 6.07) is 18.0. The lowest BCUT2D eigenvalue weighted by molar-refractivity contribution is -0.133. The number of aromatic nitrogens is 1. The third kappa shape index (κ3) is 4.05. The van der Waals surface area contributed by atoms with Crippen molar-refractivity contribution < 1.29 is 9.53 Å². The van der Waals surface area contributed by atoms with Gasteiger partial charge in [0, 0.05) is 31.2 Å². The summed E-state index contributed by atoms with van der Waals surface area (Å²) in [6.07, 6.45) is 0. The van der Waals surface area contributed by atoms with Gasteiger partial charge in [-0.1, -0.05) is 53.3 Å². The van der Waals surface area contributed by atoms with Gasteiger partial charge in [0.05, 0.1) is 10.2 Å². The fourth-order valence-electron chi connectivity index (χ4n) is 3.86. The number of carbonyl (C=O) groups excluding carboxylic acids is 1. The van der Waals surface area contributed by atoms with E-state index in [0.717, 1.165) is 49.8 Å². The third-order valence-corrected chi connectivity index (χ3v) is 7.21. The Morgan fingerprint density at radius 1 is 1.06 bits per heavy atom. The van der Waals surface area contributed by atoms with Crippen molar-refractivity contribution in [2.24, 2.45) is 0 Å². The Balaban J connectivity index is 1.19. The summed E-state index contributed by atoms with van der Waals surface area (Å²) in [4.78, 5) is 21.6. The summed E-state index contributed by atoms with van der Waals surface area (Å²) in [7, 11) is 0. The number of nitrogens with zero attached hydrogens (tertiary/aromatic N) is 3. The number of carbonyl (C=O) groups is 1. The molecule has 31 heavy (non-hydrogen) atoms. The number of rotatable bonds is 4. The first-order chi connectivity index (χ1) is 15.1. The van der Waals surface area contributed by atoms with Crippen molar-refractivity contribution in [1.29, 1.82) is 0 Å². The molecule has 1 aliphatic heterocycles. The summed E-state index contributed by atoms with van der Waals surface area (Å²) in [5.74, 6) is 0.730. The molecule has 1 amide bonds. The highest BCUT2D eigenvalue weighted by Gasteiger charge is 2.23. The molecule has 2 heterocycles. The fourth-order valence-corrected chi connectivity index (χ4v) is 5.09. The molecule has 5 rings (SSSR count). The molecule has 4 aromatic rings. The van der Waals surface area contributed by atoms with Crippen LogP contribution in [0.4, 0.5) is 5.13 Å². The molecule has 0 unspecified atom stereocenters. The first-order valence-electron chi connectivity index (χ1n) is 10.3. The van der Waals surface area contributed by atoms with E-state index in [9.17, 15) is 4.79 Å². The number of anilines is 1. The van der Waals surface area contributed by atoms with E-state index in [2.05, 4.69) is 11.0 Å². The van der Waals surface area contributed by atoms with Crippen LogP contribution in [0.1, 0.15) is 5.56 Å². The number of hydrogen-bond acceptors (Lipinski definition) is 5. The zero-order chi connectivity index (χ0) is 21.4. The zero-order valence-electron chi connectivity index (χ0n) is 17.2. The maximum Gasteiger partial charge on any atom is 0.260 e. The van der Waals surface area contributed by atoms with Crippen LogP contribution < -0.4 is 9.64 Å². The van der Waals surface area contributed by atoms with Crippen LogP contribution in [0.25, 0.3) is 21.0 Å². The minimum atomic E-state index is 0.0136. The normalized spacial score (nSPS) is 14.4. The SMILES string of the molecule is Cc1c(Cl)ccc2sc(N3CCN(C(=O)COc4ccc5ccccc5c4)CC3)nc12. The van der Waals surface area contributed by atoms with E-state index < -0.39 is 0 Å². The van der Waals surface area contributed by atoms with Gasteiger partial charge in [-0.05, 0) is 47.5 Å². The van der Waals surface area contributed by atoms with Crippen molar-refractivity contribution in [3.63, 3.8) is 0 Å². The quantitative estimate of drug-likeness (QED) is 0.431. The molecule has 3 aromatic carbocycles. The van der Waals surface area contributed by atoms with Crippen molar-refractivity contribution >= 4 is 55.0 Å². The second-order valence-corrected chi connectivity index (χ2v) is 9.10. The first-order valence-corrected chi connectivity index (χ1v) is 11.5. The molecule has 0 atom stereocenters. The highest BCUT2D eigenvalue weighted by molar-refractivity contribution is 7.22. The van der Waals surface area contributed by atoms with Crippen molar-refractivity contribution in [3.05, 3.63) is 65.2 Å². The molecule has 1 aliphatic rings. The molecule has 5 nitrogen and oxygen atoms in total. The van der Waals surface area contributed by atoms with Crippen LogP contribution in [0.15, 0.2) is 54.6 Å². The van der Waals surface area contributed by atoms with Gasteiger partial charge in [0.2, 0.25) is 0 Å². The standard InChI is InChI=1S/C24H22ClN3O2S/c1-16-20(25)8-9-21-23(16)26-24(31-21)28-12-10-27(11-13-28)22(29)15-30-19-7-6-17-4-2-3-5-18(17)14-19/h2-9,14H,10-13,15H2,1H3. The molecule has 0 saturated carbocycles. The molecule has 1 fully saturated rings. The Morgan fingerprint density at radius 2 is 1.84 bits per heavy atom. The predicted octanol–water partition coefficient (Wildman–Crippen LogP) is 5.14. The van der Waals surface area contributed by atoms with E-state index >= 15 is 0 Å². The van der Waals surface area contributed by atoms with E-state index in [1.807, 2.05) is 60.4 Å². The average molecular weight is 452 g/mol. The molecule has 1 saturated heterocycles. The number of hydrogen-bond donors (Lipinski definition) is 0. The highest BCUT2D eigenvalue weighted by Crippen LogP contribution is 2.33. The van der Waals surface area contributed by atoms with E-state index in [4.69, 9.17) is 21.3 Å². The number of ether oxygens (including phenoxy) is 1. The number of benzene rings is 3. The number of thiazole rings is 1. The maximum atomic E-state index is 12.7. The monoisotopic (exact) mass is 451 g/mol. The van der Waals surface area contributed by atoms with Crippen molar-refractivity contribution in [1.82, 2.24) is 9.88 Å². The van der Waals surface area contributed by atoms with Gasteiger partial charge in [0.1, 0.15) is 5.75 Å². The molecule has 7 heteroatoms. The molecule has 0 aliphatic carbocycles. The summed E-state index contributed by atoms with van der Waals surface area (Å²) in [5, 5.41) is 3.99. The number of piperazine rings is 1. The molecule has 0 N–H and O–H groups in total. The zero-order valence-corrected chi connectivity index (χ0v) is 18.7. The van der Waals surface area contributed by atoms with Gasteiger partial charge in [-0.15, -0.1) is 0 Å². The third-order valence-electron chi connectivity index (χ3n) is 5.72. The van der Waals surface area contributed by atoms with Gasteiger partial charge in [-0.25, -0.2) is 4.98 Å². The van der Waals surface area contributed by atoms with E-state index in [-0.39, 0.29) is 12.5 Å². The largest absolute Gasteiger partial charge is 0.484 e. The Labute approximate surface area is 189 Å². The van der Waals surface area contributed by atoms with Gasteiger partial charge >= 0.3 is 0 Å². The number of amides is 1. The average Bonchev–Trinajstić information content (AvgIpc) is 3.25. The summed E-state index contributed by atoms with van der Waals surface area (Å²) >= 11 is 7.91. The van der Waals surface area contributed by atoms with Crippen LogP contribution in [0.5, 0.6) is 5.75 Å². The number of halogens is 1. The Kier molecular flexibility index (Phi) is 5.42. The fraction of sp³-hybridized carbons (Fsp3) is 0.250. The van der Waals surface area contributed by atoms with Gasteiger partial charge in [-0.3, -0.25) is 4.79 Å². The lowest BCUT2D eigenvalue weighted by atomic mass is 10.1. The first kappa shape index (κ1) is 20.1. The van der Waals surface area contributed by atoms with Gasteiger partial charge < -0.3 is 14.5 Å². The van der Waals surface area contributed by atoms with E-state index in [1.165, 1.54) is 0 Å². The number of aryl methyl sites for hydroxylation is 1. The highest BCUT2D eigenvalue weighted by atomic mass is 35.5. The molecule has 158 valence electrons. The number of fused-ring (bicyclic) bond motifs is 2. The van der Waals surface area contributed by atoms with E-state index in [1.54, 1.807) is 11.3 Å². The molecule has 0 radical (unpaired) electrons. The summed E-state index contributed by atoms with van der Waals surface area (Å²) in [6.45, 7) is 4.89. The van der Waals surface area contributed by atoms with Crippen molar-refractivity contribution in [3.8, 4) is 5.75 Å². The second-order valence-electron chi connectivity index (χ2n) is 7.68. The minimum absolute atomic E-state index is 0.0136. The molecule has 1 aromatic heterocycles. The van der Waals surface area contributed by atoms with Crippen LogP contribution in [-0.2, 0) is 4.79 Å². The lowest BCUT2D eigenvalue weighted by Gasteiger charge is -2.34. The predicted molar refractivity (Wildman–Crippen MR) is 128 cm³/mol.